The van der Waals surface area contributed by atoms with E-state index in [1.54, 1.807) is 18.2 Å². The van der Waals surface area contributed by atoms with Gasteiger partial charge in [0.2, 0.25) is 0 Å². The minimum Gasteiger partial charge on any atom is -0.493 e. The van der Waals surface area contributed by atoms with Gasteiger partial charge in [0, 0.05) is 10.9 Å². The van der Waals surface area contributed by atoms with Gasteiger partial charge in [0.1, 0.15) is 11.5 Å². The minimum atomic E-state index is -0.391. The second-order valence-corrected chi connectivity index (χ2v) is 7.75. The molecule has 3 aromatic rings. The normalized spacial score (nSPS) is 10.7. The van der Waals surface area contributed by atoms with Crippen molar-refractivity contribution in [2.75, 3.05) is 6.61 Å². The molecule has 3 rings (SSSR count). The molecule has 0 aliphatic carbocycles. The average Bonchev–Trinajstić information content (AvgIpc) is 2.70. The van der Waals surface area contributed by atoms with Crippen LogP contribution in [-0.4, -0.2) is 12.6 Å². The molecule has 0 radical (unpaired) electrons. The van der Waals surface area contributed by atoms with Crippen LogP contribution in [0.4, 0.5) is 0 Å². The van der Waals surface area contributed by atoms with E-state index in [-0.39, 0.29) is 5.92 Å². The number of ether oxygens (including phenoxy) is 2. The first-order chi connectivity index (χ1) is 13.5. The SMILES string of the molecule is CC(C)c1cc(Br)ccc1OC(=O)c1cccc(OCCc2ccccc2)c1. The zero-order chi connectivity index (χ0) is 19.9. The number of benzene rings is 3. The van der Waals surface area contributed by atoms with Crippen LogP contribution in [0.25, 0.3) is 0 Å². The molecule has 28 heavy (non-hydrogen) atoms. The zero-order valence-corrected chi connectivity index (χ0v) is 17.6. The smallest absolute Gasteiger partial charge is 0.343 e. The van der Waals surface area contributed by atoms with Crippen LogP contribution in [0.1, 0.15) is 41.3 Å². The first-order valence-electron chi connectivity index (χ1n) is 9.31. The first kappa shape index (κ1) is 20.2. The Labute approximate surface area is 174 Å². The largest absolute Gasteiger partial charge is 0.493 e. The van der Waals surface area contributed by atoms with Crippen molar-refractivity contribution in [2.24, 2.45) is 0 Å². The highest BCUT2D eigenvalue weighted by atomic mass is 79.9. The van der Waals surface area contributed by atoms with E-state index < -0.39 is 5.97 Å². The third kappa shape index (κ3) is 5.46. The highest BCUT2D eigenvalue weighted by Crippen LogP contribution is 2.30. The van der Waals surface area contributed by atoms with Gasteiger partial charge in [-0.05, 0) is 53.4 Å². The van der Waals surface area contributed by atoms with E-state index in [0.717, 1.165) is 16.5 Å². The number of carbonyl (C=O) groups excluding carboxylic acids is 1. The quantitative estimate of drug-likeness (QED) is 0.315. The summed E-state index contributed by atoms with van der Waals surface area (Å²) < 4.78 is 12.4. The van der Waals surface area contributed by atoms with E-state index in [0.29, 0.717) is 23.7 Å². The van der Waals surface area contributed by atoms with E-state index >= 15 is 0 Å². The van der Waals surface area contributed by atoms with Gasteiger partial charge >= 0.3 is 5.97 Å². The Kier molecular flexibility index (Phi) is 6.88. The minimum absolute atomic E-state index is 0.243. The summed E-state index contributed by atoms with van der Waals surface area (Å²) in [6.07, 6.45) is 0.812. The molecular weight excluding hydrogens is 416 g/mol. The fourth-order valence-corrected chi connectivity index (χ4v) is 3.25. The van der Waals surface area contributed by atoms with Crippen LogP contribution in [0.5, 0.6) is 11.5 Å². The van der Waals surface area contributed by atoms with Crippen LogP contribution in [0.3, 0.4) is 0 Å². The number of carbonyl (C=O) groups is 1. The monoisotopic (exact) mass is 438 g/mol. The van der Waals surface area contributed by atoms with Crippen molar-refractivity contribution in [2.45, 2.75) is 26.2 Å². The zero-order valence-electron chi connectivity index (χ0n) is 16.0. The van der Waals surface area contributed by atoms with Crippen molar-refractivity contribution < 1.29 is 14.3 Å². The number of halogens is 1. The summed E-state index contributed by atoms with van der Waals surface area (Å²) in [5.74, 6) is 1.09. The number of esters is 1. The molecule has 0 bridgehead atoms. The number of rotatable bonds is 7. The maximum atomic E-state index is 12.6. The fraction of sp³-hybridized carbons (Fsp3) is 0.208. The summed E-state index contributed by atoms with van der Waals surface area (Å²) in [4.78, 5) is 12.6. The van der Waals surface area contributed by atoms with Gasteiger partial charge in [0.25, 0.3) is 0 Å². The lowest BCUT2D eigenvalue weighted by Gasteiger charge is -2.14. The summed E-state index contributed by atoms with van der Waals surface area (Å²) in [7, 11) is 0. The van der Waals surface area contributed by atoms with E-state index in [9.17, 15) is 4.79 Å². The van der Waals surface area contributed by atoms with E-state index in [1.807, 2.05) is 42.5 Å². The Morgan fingerprint density at radius 1 is 0.964 bits per heavy atom. The second-order valence-electron chi connectivity index (χ2n) is 6.84. The lowest BCUT2D eigenvalue weighted by molar-refractivity contribution is 0.0732. The van der Waals surface area contributed by atoms with Crippen molar-refractivity contribution in [1.82, 2.24) is 0 Å². The molecule has 0 unspecified atom stereocenters. The molecule has 0 heterocycles. The van der Waals surface area contributed by atoms with Gasteiger partial charge in [-0.2, -0.15) is 0 Å². The fourth-order valence-electron chi connectivity index (χ4n) is 2.87. The van der Waals surface area contributed by atoms with Gasteiger partial charge in [-0.3, -0.25) is 0 Å². The standard InChI is InChI=1S/C24H23BrO3/c1-17(2)22-16-20(25)11-12-23(22)28-24(26)19-9-6-10-21(15-19)27-14-13-18-7-4-3-5-8-18/h3-12,15-17H,13-14H2,1-2H3. The van der Waals surface area contributed by atoms with Crippen LogP contribution in [0.2, 0.25) is 0 Å². The van der Waals surface area contributed by atoms with Gasteiger partial charge in [-0.25, -0.2) is 4.79 Å². The molecule has 0 N–H and O–H groups in total. The summed E-state index contributed by atoms with van der Waals surface area (Å²) >= 11 is 3.47. The highest BCUT2D eigenvalue weighted by molar-refractivity contribution is 9.10. The summed E-state index contributed by atoms with van der Waals surface area (Å²) in [5, 5.41) is 0. The molecule has 0 aliphatic heterocycles. The second kappa shape index (κ2) is 9.56. The van der Waals surface area contributed by atoms with Crippen LogP contribution < -0.4 is 9.47 Å². The topological polar surface area (TPSA) is 35.5 Å². The van der Waals surface area contributed by atoms with Crippen molar-refractivity contribution in [3.8, 4) is 11.5 Å². The van der Waals surface area contributed by atoms with Crippen LogP contribution in [0, 0.1) is 0 Å². The van der Waals surface area contributed by atoms with Crippen molar-refractivity contribution in [1.29, 1.82) is 0 Å². The van der Waals surface area contributed by atoms with Gasteiger partial charge in [-0.1, -0.05) is 66.2 Å². The summed E-state index contributed by atoms with van der Waals surface area (Å²) in [6.45, 7) is 4.69. The molecule has 0 aromatic heterocycles. The maximum Gasteiger partial charge on any atom is 0.343 e. The van der Waals surface area contributed by atoms with Gasteiger partial charge in [0.05, 0.1) is 12.2 Å². The third-order valence-corrected chi connectivity index (χ3v) is 4.86. The van der Waals surface area contributed by atoms with Crippen LogP contribution in [-0.2, 0) is 6.42 Å². The molecule has 0 spiro atoms. The highest BCUT2D eigenvalue weighted by Gasteiger charge is 2.15. The average molecular weight is 439 g/mol. The molecule has 0 amide bonds. The summed E-state index contributed by atoms with van der Waals surface area (Å²) in [6, 6.07) is 22.9. The van der Waals surface area contributed by atoms with Gasteiger partial charge in [-0.15, -0.1) is 0 Å². The molecule has 0 fully saturated rings. The Balaban J connectivity index is 1.66. The number of hydrogen-bond acceptors (Lipinski definition) is 3. The van der Waals surface area contributed by atoms with Crippen molar-refractivity contribution in [3.63, 3.8) is 0 Å². The van der Waals surface area contributed by atoms with Gasteiger partial charge in [0.15, 0.2) is 0 Å². The molecule has 4 heteroatoms. The molecule has 3 aromatic carbocycles. The van der Waals surface area contributed by atoms with Crippen LogP contribution >= 0.6 is 15.9 Å². The Bertz CT molecular complexity index is 936. The van der Waals surface area contributed by atoms with Crippen molar-refractivity contribution in [3.05, 3.63) is 94.0 Å². The maximum absolute atomic E-state index is 12.6. The van der Waals surface area contributed by atoms with Crippen LogP contribution in [0.15, 0.2) is 77.3 Å². The predicted octanol–water partition coefficient (Wildman–Crippen LogP) is 6.41. The number of hydrogen-bond donors (Lipinski definition) is 0. The molecule has 0 aliphatic rings. The molecule has 0 saturated heterocycles. The third-order valence-electron chi connectivity index (χ3n) is 4.37. The van der Waals surface area contributed by atoms with E-state index in [2.05, 4.69) is 41.9 Å². The van der Waals surface area contributed by atoms with E-state index in [4.69, 9.17) is 9.47 Å². The Hall–Kier alpha value is -2.59. The molecule has 0 saturated carbocycles. The summed E-state index contributed by atoms with van der Waals surface area (Å²) in [5.41, 5.74) is 2.67. The first-order valence-corrected chi connectivity index (χ1v) is 10.1. The molecule has 3 nitrogen and oxygen atoms in total. The lowest BCUT2D eigenvalue weighted by atomic mass is 10.0. The Morgan fingerprint density at radius 3 is 2.50 bits per heavy atom. The lowest BCUT2D eigenvalue weighted by Crippen LogP contribution is -2.11. The molecule has 144 valence electrons. The Morgan fingerprint density at radius 2 is 1.75 bits per heavy atom. The predicted molar refractivity (Wildman–Crippen MR) is 115 cm³/mol. The van der Waals surface area contributed by atoms with Crippen molar-refractivity contribution >= 4 is 21.9 Å². The van der Waals surface area contributed by atoms with Gasteiger partial charge < -0.3 is 9.47 Å². The van der Waals surface area contributed by atoms with E-state index in [1.165, 1.54) is 5.56 Å². The molecular formula is C24H23BrO3. The molecule has 0 atom stereocenters.